The summed E-state index contributed by atoms with van der Waals surface area (Å²) >= 11 is 3.30. The first-order valence-electron chi connectivity index (χ1n) is 8.97. The zero-order chi connectivity index (χ0) is 18.1. The van der Waals surface area contributed by atoms with Crippen molar-refractivity contribution in [1.29, 1.82) is 0 Å². The number of pyridine rings is 1. The summed E-state index contributed by atoms with van der Waals surface area (Å²) in [7, 11) is 4.24. The lowest BCUT2D eigenvalue weighted by Gasteiger charge is -2.09. The highest BCUT2D eigenvalue weighted by molar-refractivity contribution is 7.99. The Labute approximate surface area is 159 Å². The molecule has 5 heteroatoms. The molecule has 0 aliphatic heterocycles. The third-order valence-corrected chi connectivity index (χ3v) is 6.31. The maximum atomic E-state index is 12.8. The number of carbonyl (C=O) groups excluding carboxylic acids is 1. The number of thiophene rings is 1. The predicted octanol–water partition coefficient (Wildman–Crippen LogP) is 5.15. The van der Waals surface area contributed by atoms with Crippen molar-refractivity contribution in [3.8, 4) is 0 Å². The van der Waals surface area contributed by atoms with E-state index in [2.05, 4.69) is 37.0 Å². The molecule has 2 heterocycles. The summed E-state index contributed by atoms with van der Waals surface area (Å²) in [5, 5.41) is 0.868. The maximum absolute atomic E-state index is 12.8. The second kappa shape index (κ2) is 10.7. The van der Waals surface area contributed by atoms with Crippen molar-refractivity contribution in [2.75, 3.05) is 26.4 Å². The minimum Gasteiger partial charge on any atom is -0.309 e. The van der Waals surface area contributed by atoms with Gasteiger partial charge in [0, 0.05) is 11.1 Å². The van der Waals surface area contributed by atoms with Crippen molar-refractivity contribution in [3.05, 3.63) is 45.8 Å². The van der Waals surface area contributed by atoms with Gasteiger partial charge < -0.3 is 4.90 Å². The first-order valence-corrected chi connectivity index (χ1v) is 10.8. The number of carbonyl (C=O) groups is 1. The van der Waals surface area contributed by atoms with Gasteiger partial charge in [-0.05, 0) is 69.9 Å². The molecular weight excluding hydrogens is 348 g/mol. The lowest BCUT2D eigenvalue weighted by molar-refractivity contribution is 0.103. The summed E-state index contributed by atoms with van der Waals surface area (Å²) in [6.45, 7) is 3.27. The number of rotatable bonds is 11. The molecule has 0 amide bonds. The molecule has 0 saturated heterocycles. The van der Waals surface area contributed by atoms with Crippen LogP contribution in [0.2, 0.25) is 0 Å². The monoisotopic (exact) mass is 376 g/mol. The zero-order valence-corrected chi connectivity index (χ0v) is 17.1. The SMILES string of the molecule is CCc1ccc(C(=O)c2cccnc2SCCCCCCN(C)C)s1. The van der Waals surface area contributed by atoms with E-state index in [4.69, 9.17) is 0 Å². The second-order valence-corrected chi connectivity index (χ2v) is 8.62. The van der Waals surface area contributed by atoms with Crippen molar-refractivity contribution in [1.82, 2.24) is 9.88 Å². The Kier molecular flexibility index (Phi) is 8.65. The molecule has 0 aliphatic carbocycles. The van der Waals surface area contributed by atoms with E-state index in [-0.39, 0.29) is 5.78 Å². The van der Waals surface area contributed by atoms with Gasteiger partial charge in [-0.2, -0.15) is 0 Å². The van der Waals surface area contributed by atoms with Crippen LogP contribution in [0, 0.1) is 0 Å². The van der Waals surface area contributed by atoms with Crippen LogP contribution in [0.1, 0.15) is 52.7 Å². The topological polar surface area (TPSA) is 33.2 Å². The van der Waals surface area contributed by atoms with E-state index >= 15 is 0 Å². The van der Waals surface area contributed by atoms with Gasteiger partial charge in [0.15, 0.2) is 0 Å². The number of hydrogen-bond acceptors (Lipinski definition) is 5. The molecule has 2 aromatic heterocycles. The highest BCUT2D eigenvalue weighted by Crippen LogP contribution is 2.26. The quantitative estimate of drug-likeness (QED) is 0.308. The van der Waals surface area contributed by atoms with Crippen LogP contribution >= 0.6 is 23.1 Å². The smallest absolute Gasteiger partial charge is 0.205 e. The first-order chi connectivity index (χ1) is 12.1. The molecule has 25 heavy (non-hydrogen) atoms. The molecule has 0 N–H and O–H groups in total. The lowest BCUT2D eigenvalue weighted by atomic mass is 10.1. The molecule has 0 atom stereocenters. The first kappa shape index (κ1) is 20.1. The maximum Gasteiger partial charge on any atom is 0.205 e. The summed E-state index contributed by atoms with van der Waals surface area (Å²) in [5.74, 6) is 1.12. The molecule has 3 nitrogen and oxygen atoms in total. The number of aromatic nitrogens is 1. The Balaban J connectivity index is 1.86. The van der Waals surface area contributed by atoms with Crippen LogP contribution in [0.3, 0.4) is 0 Å². The van der Waals surface area contributed by atoms with Gasteiger partial charge in [-0.1, -0.05) is 19.8 Å². The minimum absolute atomic E-state index is 0.103. The average Bonchev–Trinajstić information content (AvgIpc) is 3.09. The minimum atomic E-state index is 0.103. The highest BCUT2D eigenvalue weighted by atomic mass is 32.2. The summed E-state index contributed by atoms with van der Waals surface area (Å²) < 4.78 is 0. The van der Waals surface area contributed by atoms with Gasteiger partial charge in [0.1, 0.15) is 5.03 Å². The molecule has 2 rings (SSSR count). The van der Waals surface area contributed by atoms with Gasteiger partial charge in [0.2, 0.25) is 5.78 Å². The number of nitrogens with zero attached hydrogens (tertiary/aromatic N) is 2. The molecule has 0 saturated carbocycles. The summed E-state index contributed by atoms with van der Waals surface area (Å²) in [6.07, 6.45) is 7.68. The van der Waals surface area contributed by atoms with Crippen LogP contribution in [-0.2, 0) is 6.42 Å². The lowest BCUT2D eigenvalue weighted by Crippen LogP contribution is -2.12. The fourth-order valence-corrected chi connectivity index (χ4v) is 4.45. The molecular formula is C20H28N2OS2. The Morgan fingerprint density at radius 2 is 1.96 bits per heavy atom. The number of hydrogen-bond donors (Lipinski definition) is 0. The third-order valence-electron chi connectivity index (χ3n) is 3.99. The molecule has 2 aromatic rings. The number of aryl methyl sites for hydroxylation is 1. The van der Waals surface area contributed by atoms with E-state index in [9.17, 15) is 4.79 Å². The molecule has 0 spiro atoms. The van der Waals surface area contributed by atoms with Gasteiger partial charge in [-0.15, -0.1) is 23.1 Å². The normalized spacial score (nSPS) is 11.2. The van der Waals surface area contributed by atoms with Crippen molar-refractivity contribution in [3.63, 3.8) is 0 Å². The molecule has 0 unspecified atom stereocenters. The van der Waals surface area contributed by atoms with Crippen molar-refractivity contribution < 1.29 is 4.79 Å². The molecule has 0 bridgehead atoms. The number of unbranched alkanes of at least 4 members (excludes halogenated alkanes) is 3. The Morgan fingerprint density at radius 3 is 2.68 bits per heavy atom. The van der Waals surface area contributed by atoms with Gasteiger partial charge >= 0.3 is 0 Å². The third kappa shape index (κ3) is 6.57. The van der Waals surface area contributed by atoms with E-state index in [1.807, 2.05) is 18.2 Å². The fraction of sp³-hybridized carbons (Fsp3) is 0.500. The Hall–Kier alpha value is -1.17. The van der Waals surface area contributed by atoms with Gasteiger partial charge in [0.05, 0.1) is 10.4 Å². The van der Waals surface area contributed by atoms with E-state index in [0.717, 1.165) is 34.2 Å². The average molecular weight is 377 g/mol. The molecule has 0 fully saturated rings. The van der Waals surface area contributed by atoms with Crippen LogP contribution in [0.25, 0.3) is 0 Å². The van der Waals surface area contributed by atoms with Gasteiger partial charge in [-0.25, -0.2) is 4.98 Å². The predicted molar refractivity (Wildman–Crippen MR) is 109 cm³/mol. The highest BCUT2D eigenvalue weighted by Gasteiger charge is 2.16. The largest absolute Gasteiger partial charge is 0.309 e. The fourth-order valence-electron chi connectivity index (χ4n) is 2.55. The van der Waals surface area contributed by atoms with E-state index in [0.29, 0.717) is 0 Å². The Bertz CT molecular complexity index is 667. The van der Waals surface area contributed by atoms with Crippen LogP contribution in [0.5, 0.6) is 0 Å². The summed E-state index contributed by atoms with van der Waals surface area (Å²) in [6, 6.07) is 7.75. The zero-order valence-electron chi connectivity index (χ0n) is 15.5. The van der Waals surface area contributed by atoms with Crippen molar-refractivity contribution in [2.24, 2.45) is 0 Å². The van der Waals surface area contributed by atoms with Crippen molar-refractivity contribution in [2.45, 2.75) is 44.1 Å². The molecule has 0 aromatic carbocycles. The van der Waals surface area contributed by atoms with Crippen LogP contribution < -0.4 is 0 Å². The van der Waals surface area contributed by atoms with Crippen LogP contribution in [-0.4, -0.2) is 42.1 Å². The Morgan fingerprint density at radius 1 is 1.16 bits per heavy atom. The number of thioether (sulfide) groups is 1. The molecule has 136 valence electrons. The molecule has 0 aliphatic rings. The van der Waals surface area contributed by atoms with Crippen LogP contribution in [0.4, 0.5) is 0 Å². The van der Waals surface area contributed by atoms with Crippen molar-refractivity contribution >= 4 is 28.9 Å². The van der Waals surface area contributed by atoms with Gasteiger partial charge in [-0.3, -0.25) is 4.79 Å². The van der Waals surface area contributed by atoms with Crippen LogP contribution in [0.15, 0.2) is 35.5 Å². The summed E-state index contributed by atoms with van der Waals surface area (Å²) in [5.41, 5.74) is 0.740. The summed E-state index contributed by atoms with van der Waals surface area (Å²) in [4.78, 5) is 21.5. The molecule has 0 radical (unpaired) electrons. The second-order valence-electron chi connectivity index (χ2n) is 6.37. The van der Waals surface area contributed by atoms with E-state index in [1.165, 1.54) is 30.6 Å². The van der Waals surface area contributed by atoms with E-state index in [1.54, 1.807) is 29.3 Å². The standard InChI is InChI=1S/C20H28N2OS2/c1-4-16-11-12-18(25-16)19(23)17-10-9-13-21-20(17)24-15-8-6-5-7-14-22(2)3/h9-13H,4-8,14-15H2,1-3H3. The number of ketones is 1. The van der Waals surface area contributed by atoms with E-state index < -0.39 is 0 Å². The van der Waals surface area contributed by atoms with Gasteiger partial charge in [0.25, 0.3) is 0 Å².